The van der Waals surface area contributed by atoms with Crippen LogP contribution in [0.1, 0.15) is 24.3 Å². The maximum atomic E-state index is 4.13. The maximum absolute atomic E-state index is 4.13. The average molecular weight is 211 g/mol. The second-order valence-corrected chi connectivity index (χ2v) is 4.81. The molecule has 14 heavy (non-hydrogen) atoms. The van der Waals surface area contributed by atoms with Gasteiger partial charge in [-0.1, -0.05) is 0 Å². The lowest BCUT2D eigenvalue weighted by atomic mass is 10.1. The minimum absolute atomic E-state index is 0.493. The summed E-state index contributed by atoms with van der Waals surface area (Å²) in [6, 6.07) is 1.18. The highest BCUT2D eigenvalue weighted by Crippen LogP contribution is 2.25. The molecule has 2 unspecified atom stereocenters. The molecule has 2 rings (SSSR count). The quantitative estimate of drug-likeness (QED) is 0.821. The Hall–Kier alpha value is -0.450. The van der Waals surface area contributed by atoms with Gasteiger partial charge in [-0.15, -0.1) is 11.3 Å². The summed E-state index contributed by atoms with van der Waals surface area (Å²) < 4.78 is 0. The second kappa shape index (κ2) is 4.38. The van der Waals surface area contributed by atoms with E-state index in [1.807, 2.05) is 11.7 Å². The van der Waals surface area contributed by atoms with Crippen LogP contribution in [0.4, 0.5) is 0 Å². The minimum Gasteiger partial charge on any atom is -0.315 e. The number of hydrogen-bond acceptors (Lipinski definition) is 4. The van der Waals surface area contributed by atoms with E-state index in [0.29, 0.717) is 12.1 Å². The Bertz CT molecular complexity index is 267. The second-order valence-electron chi connectivity index (χ2n) is 3.89. The van der Waals surface area contributed by atoms with E-state index < -0.39 is 0 Å². The fraction of sp³-hybridized carbons (Fsp3) is 0.700. The molecular formula is C10H17N3S. The van der Waals surface area contributed by atoms with Crippen molar-refractivity contribution < 1.29 is 0 Å². The molecule has 0 bridgehead atoms. The first-order valence-corrected chi connectivity index (χ1v) is 5.98. The van der Waals surface area contributed by atoms with Crippen molar-refractivity contribution in [2.75, 3.05) is 20.1 Å². The molecule has 1 aromatic rings. The van der Waals surface area contributed by atoms with Gasteiger partial charge in [0, 0.05) is 29.7 Å². The molecule has 0 spiro atoms. The van der Waals surface area contributed by atoms with E-state index in [-0.39, 0.29) is 0 Å². The molecule has 1 fully saturated rings. The summed E-state index contributed by atoms with van der Waals surface area (Å²) in [7, 11) is 2.21. The van der Waals surface area contributed by atoms with Gasteiger partial charge in [-0.3, -0.25) is 9.88 Å². The van der Waals surface area contributed by atoms with Crippen LogP contribution >= 0.6 is 11.3 Å². The highest BCUT2D eigenvalue weighted by molar-refractivity contribution is 7.09. The summed E-state index contributed by atoms with van der Waals surface area (Å²) >= 11 is 1.74. The van der Waals surface area contributed by atoms with Crippen LogP contribution < -0.4 is 5.32 Å². The molecular weight excluding hydrogens is 194 g/mol. The van der Waals surface area contributed by atoms with Crippen molar-refractivity contribution in [3.8, 4) is 0 Å². The molecule has 2 heterocycles. The number of nitrogens with one attached hydrogen (secondary N) is 1. The maximum Gasteiger partial charge on any atom is 0.0794 e. The van der Waals surface area contributed by atoms with Gasteiger partial charge in [0.15, 0.2) is 0 Å². The lowest BCUT2D eigenvalue weighted by Gasteiger charge is -2.29. The van der Waals surface area contributed by atoms with Crippen molar-refractivity contribution in [1.29, 1.82) is 0 Å². The van der Waals surface area contributed by atoms with Gasteiger partial charge < -0.3 is 5.32 Å². The summed E-state index contributed by atoms with van der Waals surface area (Å²) in [5.41, 5.74) is 1.91. The van der Waals surface area contributed by atoms with Gasteiger partial charge in [-0.25, -0.2) is 0 Å². The van der Waals surface area contributed by atoms with E-state index in [0.717, 1.165) is 13.1 Å². The lowest BCUT2D eigenvalue weighted by Crippen LogP contribution is -2.35. The number of rotatable bonds is 3. The van der Waals surface area contributed by atoms with Gasteiger partial charge in [0.1, 0.15) is 0 Å². The number of likely N-dealkylation sites (N-methyl/N-ethyl adjacent to an activating group) is 1. The van der Waals surface area contributed by atoms with Crippen LogP contribution in [-0.4, -0.2) is 36.1 Å². The van der Waals surface area contributed by atoms with Gasteiger partial charge >= 0.3 is 0 Å². The van der Waals surface area contributed by atoms with Crippen LogP contribution in [0, 0.1) is 0 Å². The first-order chi connectivity index (χ1) is 6.79. The molecule has 0 aromatic carbocycles. The summed E-state index contributed by atoms with van der Waals surface area (Å²) in [4.78, 5) is 7.94. The van der Waals surface area contributed by atoms with Gasteiger partial charge in [-0.05, 0) is 26.9 Å². The number of hydrogen-bond donors (Lipinski definition) is 1. The van der Waals surface area contributed by atoms with Crippen molar-refractivity contribution in [2.24, 2.45) is 0 Å². The van der Waals surface area contributed by atoms with E-state index in [1.165, 1.54) is 11.3 Å². The summed E-state index contributed by atoms with van der Waals surface area (Å²) in [5.74, 6) is 0. The lowest BCUT2D eigenvalue weighted by molar-refractivity contribution is 0.199. The molecule has 4 heteroatoms. The van der Waals surface area contributed by atoms with Crippen molar-refractivity contribution in [3.63, 3.8) is 0 Å². The summed E-state index contributed by atoms with van der Waals surface area (Å²) in [5, 5.41) is 3.40. The van der Waals surface area contributed by atoms with E-state index in [9.17, 15) is 0 Å². The number of nitrogens with zero attached hydrogens (tertiary/aromatic N) is 2. The Kier molecular flexibility index (Phi) is 3.15. The van der Waals surface area contributed by atoms with Gasteiger partial charge in [0.25, 0.3) is 0 Å². The predicted octanol–water partition coefficient (Wildman–Crippen LogP) is 1.50. The first kappa shape index (κ1) is 10.1. The van der Waals surface area contributed by atoms with Gasteiger partial charge in [0.2, 0.25) is 0 Å². The molecule has 1 N–H and O–H groups in total. The Morgan fingerprint density at radius 2 is 2.57 bits per heavy atom. The number of thiazole rings is 1. The zero-order valence-corrected chi connectivity index (χ0v) is 9.55. The Labute approximate surface area is 89.1 Å². The fourth-order valence-electron chi connectivity index (χ4n) is 1.94. The molecule has 0 amide bonds. The van der Waals surface area contributed by atoms with E-state index >= 15 is 0 Å². The molecule has 2 atom stereocenters. The zero-order chi connectivity index (χ0) is 9.97. The summed E-state index contributed by atoms with van der Waals surface area (Å²) in [6.45, 7) is 4.54. The van der Waals surface area contributed by atoms with Crippen LogP contribution in [-0.2, 0) is 0 Å². The molecule has 0 saturated carbocycles. The Balaban J connectivity index is 2.00. The van der Waals surface area contributed by atoms with Gasteiger partial charge in [0.05, 0.1) is 5.51 Å². The topological polar surface area (TPSA) is 28.2 Å². The fourth-order valence-corrected chi connectivity index (χ4v) is 2.66. The van der Waals surface area contributed by atoms with Crippen molar-refractivity contribution >= 4 is 11.3 Å². The van der Waals surface area contributed by atoms with Crippen molar-refractivity contribution in [2.45, 2.75) is 25.4 Å². The SMILES string of the molecule is CC(c1cncs1)N(C)C1CCNC1. The van der Waals surface area contributed by atoms with E-state index in [2.05, 4.69) is 29.2 Å². The van der Waals surface area contributed by atoms with Crippen LogP contribution in [0.25, 0.3) is 0 Å². The predicted molar refractivity (Wildman–Crippen MR) is 59.6 cm³/mol. The first-order valence-electron chi connectivity index (χ1n) is 5.10. The smallest absolute Gasteiger partial charge is 0.0794 e. The van der Waals surface area contributed by atoms with Crippen LogP contribution in [0.3, 0.4) is 0 Å². The molecule has 1 saturated heterocycles. The third-order valence-electron chi connectivity index (χ3n) is 3.08. The molecule has 78 valence electrons. The minimum atomic E-state index is 0.493. The number of aromatic nitrogens is 1. The normalized spacial score (nSPS) is 24.4. The van der Waals surface area contributed by atoms with Crippen LogP contribution in [0.5, 0.6) is 0 Å². The molecule has 0 radical (unpaired) electrons. The Morgan fingerprint density at radius 1 is 1.71 bits per heavy atom. The molecule has 3 nitrogen and oxygen atoms in total. The standard InChI is InChI=1S/C10H17N3S/c1-8(10-6-12-7-14-10)13(2)9-3-4-11-5-9/h6-9,11H,3-5H2,1-2H3. The molecule has 1 aliphatic rings. The third kappa shape index (κ3) is 1.97. The molecule has 1 aromatic heterocycles. The third-order valence-corrected chi connectivity index (χ3v) is 4.03. The largest absolute Gasteiger partial charge is 0.315 e. The van der Waals surface area contributed by atoms with Crippen molar-refractivity contribution in [3.05, 3.63) is 16.6 Å². The highest BCUT2D eigenvalue weighted by atomic mass is 32.1. The average Bonchev–Trinajstić information content (AvgIpc) is 2.87. The van der Waals surface area contributed by atoms with Crippen LogP contribution in [0.2, 0.25) is 0 Å². The zero-order valence-electron chi connectivity index (χ0n) is 8.73. The monoisotopic (exact) mass is 211 g/mol. The van der Waals surface area contributed by atoms with Crippen LogP contribution in [0.15, 0.2) is 11.7 Å². The van der Waals surface area contributed by atoms with E-state index in [1.54, 1.807) is 11.3 Å². The van der Waals surface area contributed by atoms with Gasteiger partial charge in [-0.2, -0.15) is 0 Å². The van der Waals surface area contributed by atoms with Crippen molar-refractivity contribution in [1.82, 2.24) is 15.2 Å². The summed E-state index contributed by atoms with van der Waals surface area (Å²) in [6.07, 6.45) is 3.24. The van der Waals surface area contributed by atoms with E-state index in [4.69, 9.17) is 0 Å². The Morgan fingerprint density at radius 3 is 3.14 bits per heavy atom. The highest BCUT2D eigenvalue weighted by Gasteiger charge is 2.24. The molecule has 1 aliphatic heterocycles. The molecule has 0 aliphatic carbocycles.